The van der Waals surface area contributed by atoms with Crippen LogP contribution in [0, 0.1) is 0 Å². The summed E-state index contributed by atoms with van der Waals surface area (Å²) in [5.41, 5.74) is 0. The Morgan fingerprint density at radius 1 is 1.38 bits per heavy atom. The third kappa shape index (κ3) is 0.631. The van der Waals surface area contributed by atoms with Gasteiger partial charge < -0.3 is 5.11 Å². The van der Waals surface area contributed by atoms with E-state index in [2.05, 4.69) is 19.2 Å². The van der Waals surface area contributed by atoms with Crippen molar-refractivity contribution in [3.63, 3.8) is 0 Å². The fraction of sp³-hybridized carbons (Fsp3) is 0.400. The predicted molar refractivity (Wildman–Crippen MR) is 58.9 cm³/mol. The molecule has 1 aliphatic carbocycles. The number of hydrogen-bond donors (Lipinski definition) is 1. The van der Waals surface area contributed by atoms with Crippen LogP contribution >= 0.6 is 23.5 Å². The third-order valence-corrected chi connectivity index (χ3v) is 6.66. The molecule has 4 unspecified atom stereocenters. The lowest BCUT2D eigenvalue weighted by atomic mass is 9.81. The molecule has 0 saturated carbocycles. The summed E-state index contributed by atoms with van der Waals surface area (Å²) < 4.78 is -0.186. The molecule has 68 valence electrons. The molecule has 4 atom stereocenters. The van der Waals surface area contributed by atoms with Gasteiger partial charge in [0, 0.05) is 5.25 Å². The van der Waals surface area contributed by atoms with Crippen LogP contribution in [-0.4, -0.2) is 24.8 Å². The van der Waals surface area contributed by atoms with E-state index in [4.69, 9.17) is 0 Å². The average molecular weight is 210 g/mol. The average Bonchev–Trinajstić information content (AvgIpc) is 2.95. The van der Waals surface area contributed by atoms with Gasteiger partial charge in [0.2, 0.25) is 0 Å². The molecule has 2 heterocycles. The number of rotatable bonds is 2. The van der Waals surface area contributed by atoms with Crippen LogP contribution in [0.5, 0.6) is 0 Å². The third-order valence-electron chi connectivity index (χ3n) is 3.16. The molecule has 3 heteroatoms. The molecule has 2 fully saturated rings. The fourth-order valence-corrected chi connectivity index (χ4v) is 5.42. The Morgan fingerprint density at radius 2 is 2.15 bits per heavy atom. The van der Waals surface area contributed by atoms with Gasteiger partial charge in [-0.3, -0.25) is 0 Å². The van der Waals surface area contributed by atoms with Crippen molar-refractivity contribution in [2.75, 3.05) is 0 Å². The van der Waals surface area contributed by atoms with Gasteiger partial charge in [-0.25, -0.2) is 0 Å². The van der Waals surface area contributed by atoms with Gasteiger partial charge in [-0.05, 0) is 6.08 Å². The van der Waals surface area contributed by atoms with Crippen molar-refractivity contribution in [3.8, 4) is 0 Å². The summed E-state index contributed by atoms with van der Waals surface area (Å²) in [5, 5.41) is 10.6. The van der Waals surface area contributed by atoms with E-state index in [9.17, 15) is 5.11 Å². The van der Waals surface area contributed by atoms with Crippen molar-refractivity contribution in [1.82, 2.24) is 0 Å². The number of fused-ring (bicyclic) bond motifs is 3. The van der Waals surface area contributed by atoms with Crippen LogP contribution < -0.4 is 0 Å². The van der Waals surface area contributed by atoms with Crippen molar-refractivity contribution >= 4 is 23.5 Å². The largest absolute Gasteiger partial charge is 0.374 e. The molecule has 0 bridgehead atoms. The first-order valence-electron chi connectivity index (χ1n) is 4.21. The maximum atomic E-state index is 10.1. The number of aliphatic hydroxyl groups is 1. The Hall–Kier alpha value is -0.120. The Labute approximate surface area is 86.0 Å². The second-order valence-corrected chi connectivity index (χ2v) is 6.52. The molecular weight excluding hydrogens is 200 g/mol. The molecule has 2 aliphatic heterocycles. The Balaban J connectivity index is 2.16. The molecule has 3 aliphatic rings. The molecule has 3 rings (SSSR count). The highest BCUT2D eigenvalue weighted by Crippen LogP contribution is 2.82. The van der Waals surface area contributed by atoms with Crippen LogP contribution in [0.1, 0.15) is 0 Å². The first-order chi connectivity index (χ1) is 6.14. The zero-order valence-electron chi connectivity index (χ0n) is 7.06. The van der Waals surface area contributed by atoms with E-state index in [1.165, 1.54) is 0 Å². The molecule has 0 aromatic rings. The molecule has 0 amide bonds. The molecule has 0 aromatic heterocycles. The lowest BCUT2D eigenvalue weighted by Gasteiger charge is -2.23. The minimum atomic E-state index is -0.705. The second kappa shape index (κ2) is 1.95. The summed E-state index contributed by atoms with van der Waals surface area (Å²) in [5.74, 6) is 0. The second-order valence-electron chi connectivity index (χ2n) is 3.63. The van der Waals surface area contributed by atoms with Crippen molar-refractivity contribution in [2.45, 2.75) is 19.7 Å². The highest BCUT2D eigenvalue weighted by molar-refractivity contribution is 8.15. The van der Waals surface area contributed by atoms with Gasteiger partial charge in [0.05, 0.1) is 9.49 Å². The van der Waals surface area contributed by atoms with Crippen molar-refractivity contribution in [2.24, 2.45) is 0 Å². The smallest absolute Gasteiger partial charge is 0.150 e. The molecular formula is C10H10OS2. The summed E-state index contributed by atoms with van der Waals surface area (Å²) in [6.07, 6.45) is 7.86. The van der Waals surface area contributed by atoms with Gasteiger partial charge in [-0.1, -0.05) is 18.2 Å². The monoisotopic (exact) mass is 210 g/mol. The topological polar surface area (TPSA) is 20.2 Å². The van der Waals surface area contributed by atoms with Gasteiger partial charge in [0.25, 0.3) is 0 Å². The Bertz CT molecular complexity index is 351. The first kappa shape index (κ1) is 8.21. The minimum absolute atomic E-state index is 0.0168. The molecule has 0 radical (unpaired) electrons. The van der Waals surface area contributed by atoms with Gasteiger partial charge in [0.1, 0.15) is 4.93 Å². The molecule has 1 N–H and O–H groups in total. The van der Waals surface area contributed by atoms with Crippen LogP contribution in [0.2, 0.25) is 0 Å². The highest BCUT2D eigenvalue weighted by Gasteiger charge is 2.83. The van der Waals surface area contributed by atoms with Crippen LogP contribution in [0.4, 0.5) is 0 Å². The van der Waals surface area contributed by atoms with E-state index in [-0.39, 0.29) is 9.49 Å². The number of hydrogen-bond acceptors (Lipinski definition) is 3. The Morgan fingerprint density at radius 3 is 2.69 bits per heavy atom. The summed E-state index contributed by atoms with van der Waals surface area (Å²) in [6.45, 7) is 7.71. The van der Waals surface area contributed by atoms with Gasteiger partial charge in [-0.15, -0.1) is 36.7 Å². The van der Waals surface area contributed by atoms with Crippen molar-refractivity contribution in [1.29, 1.82) is 0 Å². The zero-order chi connectivity index (χ0) is 9.32. The van der Waals surface area contributed by atoms with Crippen LogP contribution in [0.3, 0.4) is 0 Å². The van der Waals surface area contributed by atoms with Crippen molar-refractivity contribution in [3.05, 3.63) is 37.5 Å². The van der Waals surface area contributed by atoms with Gasteiger partial charge in [-0.2, -0.15) is 0 Å². The quantitative estimate of drug-likeness (QED) is 0.556. The van der Waals surface area contributed by atoms with Crippen LogP contribution in [0.15, 0.2) is 37.5 Å². The minimum Gasteiger partial charge on any atom is -0.374 e. The Kier molecular flexibility index (Phi) is 1.23. The molecule has 0 spiro atoms. The maximum absolute atomic E-state index is 10.1. The molecule has 0 aromatic carbocycles. The van der Waals surface area contributed by atoms with E-state index >= 15 is 0 Å². The molecule has 1 nitrogen and oxygen atoms in total. The summed E-state index contributed by atoms with van der Waals surface area (Å²) in [4.78, 5) is -0.705. The normalized spacial score (nSPS) is 60.5. The lowest BCUT2D eigenvalue weighted by molar-refractivity contribution is 0.190. The fourth-order valence-electron chi connectivity index (χ4n) is 2.28. The highest BCUT2D eigenvalue weighted by atomic mass is 32.2. The first-order valence-corrected chi connectivity index (χ1v) is 5.91. The molecule has 13 heavy (non-hydrogen) atoms. The van der Waals surface area contributed by atoms with Crippen LogP contribution in [-0.2, 0) is 0 Å². The molecule has 2 saturated heterocycles. The van der Waals surface area contributed by atoms with Crippen LogP contribution in [0.25, 0.3) is 0 Å². The van der Waals surface area contributed by atoms with E-state index in [0.717, 1.165) is 0 Å². The van der Waals surface area contributed by atoms with Crippen molar-refractivity contribution < 1.29 is 5.11 Å². The van der Waals surface area contributed by atoms with Gasteiger partial charge in [0.15, 0.2) is 0 Å². The van der Waals surface area contributed by atoms with Gasteiger partial charge >= 0.3 is 0 Å². The van der Waals surface area contributed by atoms with E-state index in [1.54, 1.807) is 11.8 Å². The summed E-state index contributed by atoms with van der Waals surface area (Å²) in [6, 6.07) is 0. The zero-order valence-corrected chi connectivity index (χ0v) is 8.70. The SMILES string of the molecule is C=CC12SC1C=CC1(O)SC12C=C. The van der Waals surface area contributed by atoms with E-state index < -0.39 is 4.93 Å². The van der Waals surface area contributed by atoms with E-state index in [1.807, 2.05) is 30.0 Å². The predicted octanol–water partition coefficient (Wildman–Crippen LogP) is 1.96. The summed E-state index contributed by atoms with van der Waals surface area (Å²) >= 11 is 3.44. The standard InChI is InChI=1S/C10H10OS2/c1-3-8-7(12-8)5-6-10(11)9(8,4-2)13-10/h3-7,11H,1-2H2. The lowest BCUT2D eigenvalue weighted by Crippen LogP contribution is -2.39. The summed E-state index contributed by atoms with van der Waals surface area (Å²) in [7, 11) is 0. The number of thioether (sulfide) groups is 2. The maximum Gasteiger partial charge on any atom is 0.150 e. The van der Waals surface area contributed by atoms with E-state index in [0.29, 0.717) is 5.25 Å².